The summed E-state index contributed by atoms with van der Waals surface area (Å²) in [5.41, 5.74) is 9.27. The molecule has 0 atom stereocenters. The van der Waals surface area contributed by atoms with Crippen LogP contribution in [0.2, 0.25) is 0 Å². The first kappa shape index (κ1) is 17.3. The molecule has 0 spiro atoms. The van der Waals surface area contributed by atoms with Gasteiger partial charge in [0.05, 0.1) is 0 Å². The topological polar surface area (TPSA) is 0 Å². The van der Waals surface area contributed by atoms with E-state index in [1.165, 1.54) is 46.2 Å². The second kappa shape index (κ2) is 5.76. The average Bonchev–Trinajstić information content (AvgIpc) is 2.79. The Morgan fingerprint density at radius 1 is 0.708 bits per heavy atom. The van der Waals surface area contributed by atoms with Crippen molar-refractivity contribution in [1.82, 2.24) is 0 Å². The highest BCUT2D eigenvalue weighted by Crippen LogP contribution is 2.49. The van der Waals surface area contributed by atoms with Gasteiger partial charge in [0.25, 0.3) is 0 Å². The van der Waals surface area contributed by atoms with Crippen LogP contribution in [0.25, 0.3) is 11.1 Å². The van der Waals surface area contributed by atoms with Gasteiger partial charge in [0.2, 0.25) is 0 Å². The van der Waals surface area contributed by atoms with Crippen LogP contribution in [0.1, 0.15) is 89.5 Å². The van der Waals surface area contributed by atoms with Crippen LogP contribution in [0.15, 0.2) is 36.4 Å². The summed E-state index contributed by atoms with van der Waals surface area (Å²) < 4.78 is 0. The van der Waals surface area contributed by atoms with Gasteiger partial charge in [0.1, 0.15) is 0 Å². The zero-order valence-corrected chi connectivity index (χ0v) is 16.5. The number of rotatable bonds is 2. The average molecular weight is 321 g/mol. The first-order chi connectivity index (χ1) is 11.1. The highest BCUT2D eigenvalue weighted by atomic mass is 14.3. The van der Waals surface area contributed by atoms with E-state index in [2.05, 4.69) is 84.9 Å². The third-order valence-electron chi connectivity index (χ3n) is 5.46. The molecule has 0 heterocycles. The van der Waals surface area contributed by atoms with Gasteiger partial charge in [-0.3, -0.25) is 0 Å². The van der Waals surface area contributed by atoms with Gasteiger partial charge < -0.3 is 0 Å². The summed E-state index contributed by atoms with van der Waals surface area (Å²) in [6.45, 7) is 16.1. The normalized spacial score (nSPS) is 14.6. The molecule has 0 radical (unpaired) electrons. The number of hydrogen-bond acceptors (Lipinski definition) is 0. The third-order valence-corrected chi connectivity index (χ3v) is 5.46. The molecule has 0 heteroatoms. The molecule has 0 fully saturated rings. The molecule has 128 valence electrons. The van der Waals surface area contributed by atoms with Gasteiger partial charge in [0, 0.05) is 5.92 Å². The van der Waals surface area contributed by atoms with Crippen molar-refractivity contribution >= 4 is 0 Å². The van der Waals surface area contributed by atoms with Crippen molar-refractivity contribution in [2.75, 3.05) is 0 Å². The number of fused-ring (bicyclic) bond motifs is 3. The van der Waals surface area contributed by atoms with Crippen LogP contribution >= 0.6 is 0 Å². The van der Waals surface area contributed by atoms with Gasteiger partial charge in [-0.05, 0) is 50.6 Å². The molecule has 0 aliphatic heterocycles. The highest BCUT2D eigenvalue weighted by Gasteiger charge is 2.30. The fraction of sp³-hybridized carbons (Fsp3) is 0.500. The fourth-order valence-corrected chi connectivity index (χ4v) is 3.89. The molecule has 0 N–H and O–H groups in total. The van der Waals surface area contributed by atoms with Crippen LogP contribution in [-0.2, 0) is 10.8 Å². The second-order valence-corrected chi connectivity index (χ2v) is 9.45. The van der Waals surface area contributed by atoms with Gasteiger partial charge in [-0.25, -0.2) is 0 Å². The Morgan fingerprint density at radius 2 is 1.12 bits per heavy atom. The maximum absolute atomic E-state index is 2.45. The Morgan fingerprint density at radius 3 is 1.46 bits per heavy atom. The van der Waals surface area contributed by atoms with Crippen molar-refractivity contribution in [1.29, 1.82) is 0 Å². The van der Waals surface area contributed by atoms with Crippen molar-refractivity contribution in [3.8, 4) is 11.1 Å². The van der Waals surface area contributed by atoms with E-state index in [1.54, 1.807) is 0 Å². The largest absolute Gasteiger partial charge is 0.0653 e. The molecule has 0 saturated heterocycles. The van der Waals surface area contributed by atoms with E-state index in [4.69, 9.17) is 0 Å². The maximum Gasteiger partial charge on any atom is 0.0102 e. The molecule has 0 nitrogen and oxygen atoms in total. The molecule has 2 aromatic rings. The summed E-state index contributed by atoms with van der Waals surface area (Å²) in [7, 11) is 0. The molecule has 0 saturated carbocycles. The minimum absolute atomic E-state index is 0.194. The van der Waals surface area contributed by atoms with Crippen LogP contribution in [0, 0.1) is 0 Å². The first-order valence-corrected chi connectivity index (χ1v) is 9.42. The molecule has 0 amide bonds. The van der Waals surface area contributed by atoms with Crippen LogP contribution in [-0.4, -0.2) is 0 Å². The third kappa shape index (κ3) is 2.92. The van der Waals surface area contributed by atoms with E-state index in [9.17, 15) is 0 Å². The van der Waals surface area contributed by atoms with Crippen molar-refractivity contribution in [2.45, 2.75) is 78.1 Å². The predicted octanol–water partition coefficient (Wildman–Crippen LogP) is 7.19. The van der Waals surface area contributed by atoms with Crippen LogP contribution < -0.4 is 0 Å². The molecular formula is C24H32. The smallest absolute Gasteiger partial charge is 0.0102 e. The minimum atomic E-state index is 0.194. The van der Waals surface area contributed by atoms with E-state index >= 15 is 0 Å². The molecular weight excluding hydrogens is 288 g/mol. The number of hydrogen-bond donors (Lipinski definition) is 0. The van der Waals surface area contributed by atoms with E-state index in [0.717, 1.165) is 0 Å². The lowest BCUT2D eigenvalue weighted by Gasteiger charge is -2.21. The summed E-state index contributed by atoms with van der Waals surface area (Å²) in [4.78, 5) is 0. The van der Waals surface area contributed by atoms with E-state index in [1.807, 2.05) is 0 Å². The summed E-state index contributed by atoms with van der Waals surface area (Å²) >= 11 is 0. The molecule has 1 aliphatic rings. The Bertz CT molecular complexity index is 687. The molecule has 0 bridgehead atoms. The second-order valence-electron chi connectivity index (χ2n) is 9.45. The Labute approximate surface area is 148 Å². The van der Waals surface area contributed by atoms with Crippen LogP contribution in [0.5, 0.6) is 0 Å². The lowest BCUT2D eigenvalue weighted by Crippen LogP contribution is -2.11. The van der Waals surface area contributed by atoms with E-state index < -0.39 is 0 Å². The fourth-order valence-electron chi connectivity index (χ4n) is 3.89. The predicted molar refractivity (Wildman–Crippen MR) is 106 cm³/mol. The summed E-state index contributed by atoms with van der Waals surface area (Å²) in [5.74, 6) is 0.572. The van der Waals surface area contributed by atoms with E-state index in [0.29, 0.717) is 5.92 Å². The van der Waals surface area contributed by atoms with Crippen molar-refractivity contribution in [3.63, 3.8) is 0 Å². The van der Waals surface area contributed by atoms with Crippen LogP contribution in [0.4, 0.5) is 0 Å². The molecule has 1 aliphatic carbocycles. The molecule has 2 aromatic carbocycles. The van der Waals surface area contributed by atoms with Gasteiger partial charge in [-0.1, -0.05) is 91.3 Å². The zero-order valence-electron chi connectivity index (χ0n) is 16.5. The zero-order chi connectivity index (χ0) is 17.7. The first-order valence-electron chi connectivity index (χ1n) is 9.42. The molecule has 3 rings (SSSR count). The van der Waals surface area contributed by atoms with Crippen molar-refractivity contribution < 1.29 is 0 Å². The standard InChI is InChI=1S/C24H32/c1-8-9-18-19-12-10-16(23(2,3)4)14-21(19)22-15-17(24(5,6)7)11-13-20(18)22/h10-15,18H,8-9H2,1-7H3. The summed E-state index contributed by atoms with van der Waals surface area (Å²) in [6, 6.07) is 14.4. The monoisotopic (exact) mass is 320 g/mol. The quantitative estimate of drug-likeness (QED) is 0.549. The van der Waals surface area contributed by atoms with Gasteiger partial charge in [-0.15, -0.1) is 0 Å². The summed E-state index contributed by atoms with van der Waals surface area (Å²) in [5, 5.41) is 0. The van der Waals surface area contributed by atoms with Gasteiger partial charge in [0.15, 0.2) is 0 Å². The lowest BCUT2D eigenvalue weighted by atomic mass is 9.83. The maximum atomic E-state index is 2.45. The Balaban J connectivity index is 2.21. The SMILES string of the molecule is CCCC1c2ccc(C(C)(C)C)cc2-c2cc(C(C)(C)C)ccc21. The van der Waals surface area contributed by atoms with Gasteiger partial charge >= 0.3 is 0 Å². The molecule has 0 aromatic heterocycles. The van der Waals surface area contributed by atoms with Crippen LogP contribution in [0.3, 0.4) is 0 Å². The molecule has 0 unspecified atom stereocenters. The highest BCUT2D eigenvalue weighted by molar-refractivity contribution is 5.80. The Hall–Kier alpha value is -1.56. The number of benzene rings is 2. The summed E-state index contributed by atoms with van der Waals surface area (Å²) in [6.07, 6.45) is 2.47. The van der Waals surface area contributed by atoms with E-state index in [-0.39, 0.29) is 10.8 Å². The Kier molecular flexibility index (Phi) is 4.14. The van der Waals surface area contributed by atoms with Crippen molar-refractivity contribution in [3.05, 3.63) is 58.7 Å². The van der Waals surface area contributed by atoms with Gasteiger partial charge in [-0.2, -0.15) is 0 Å². The lowest BCUT2D eigenvalue weighted by molar-refractivity contribution is 0.589. The van der Waals surface area contributed by atoms with Crippen molar-refractivity contribution in [2.24, 2.45) is 0 Å². The minimum Gasteiger partial charge on any atom is -0.0653 e. The molecule has 24 heavy (non-hydrogen) atoms.